The summed E-state index contributed by atoms with van der Waals surface area (Å²) in [5.41, 5.74) is 6.85. The van der Waals surface area contributed by atoms with Gasteiger partial charge >= 0.3 is 18.3 Å². The first-order chi connectivity index (χ1) is 25.7. The number of benzene rings is 4. The van der Waals surface area contributed by atoms with Gasteiger partial charge in [-0.2, -0.15) is 9.59 Å². The van der Waals surface area contributed by atoms with Crippen molar-refractivity contribution < 1.29 is 28.7 Å². The van der Waals surface area contributed by atoms with Gasteiger partial charge in [-0.05, 0) is 112 Å². The van der Waals surface area contributed by atoms with Gasteiger partial charge in [-0.15, -0.1) is 0 Å². The first kappa shape index (κ1) is 41.6. The van der Waals surface area contributed by atoms with Gasteiger partial charge in [0.2, 0.25) is 0 Å². The Labute approximate surface area is 321 Å². The van der Waals surface area contributed by atoms with Crippen molar-refractivity contribution in [3.8, 4) is 22.3 Å². The highest BCUT2D eigenvalue weighted by Gasteiger charge is 2.32. The molecule has 286 valence electrons. The summed E-state index contributed by atoms with van der Waals surface area (Å²) >= 11 is 0. The van der Waals surface area contributed by atoms with Crippen molar-refractivity contribution in [3.05, 3.63) is 120 Å². The number of nitrogens with zero attached hydrogens (tertiary/aromatic N) is 2. The fourth-order valence-electron chi connectivity index (χ4n) is 7.04. The average molecular weight is 733 g/mol. The molecule has 0 spiro atoms. The Bertz CT molecular complexity index is 1820. The van der Waals surface area contributed by atoms with Crippen LogP contribution in [0.5, 0.6) is 0 Å². The Kier molecular flexibility index (Phi) is 14.8. The summed E-state index contributed by atoms with van der Waals surface area (Å²) < 4.78 is 11.0. The van der Waals surface area contributed by atoms with Crippen LogP contribution >= 0.6 is 0 Å². The molecule has 8 heteroatoms. The number of carbonyl (C=O) groups excluding carboxylic acids is 4. The van der Waals surface area contributed by atoms with Crippen molar-refractivity contribution in [2.24, 2.45) is 5.92 Å². The lowest BCUT2D eigenvalue weighted by Gasteiger charge is -2.38. The van der Waals surface area contributed by atoms with Gasteiger partial charge in [0.1, 0.15) is 11.2 Å². The van der Waals surface area contributed by atoms with Crippen LogP contribution in [-0.4, -0.2) is 65.5 Å². The monoisotopic (exact) mass is 732 g/mol. The molecule has 4 aromatic carbocycles. The molecule has 54 heavy (non-hydrogen) atoms. The molecule has 4 aromatic rings. The molecule has 0 aliphatic carbocycles. The van der Waals surface area contributed by atoms with Gasteiger partial charge in [0.15, 0.2) is 0 Å². The average Bonchev–Trinajstić information content (AvgIpc) is 3.15. The van der Waals surface area contributed by atoms with Crippen LogP contribution in [0.2, 0.25) is 0 Å². The Morgan fingerprint density at radius 1 is 0.574 bits per heavy atom. The predicted molar refractivity (Wildman–Crippen MR) is 213 cm³/mol. The zero-order valence-electron chi connectivity index (χ0n) is 32.9. The maximum absolute atomic E-state index is 12.3. The molecule has 0 aromatic heterocycles. The topological polar surface area (TPSA) is 93.2 Å². The van der Waals surface area contributed by atoms with E-state index in [0.29, 0.717) is 17.8 Å². The first-order valence-electron chi connectivity index (χ1n) is 18.9. The standard InChI is InChI=1S/C23H29NO2.C22H27NO2.CO2/c1-17-16-24(22(25)26-23(2,3)4)14-13-21(17)20-12-8-11-19(15-20)18-9-6-5-7-10-18;1-22(2,3)25-21(24)23-14-12-18(13-15-23)20-11-7-10-19(16-20)17-8-5-4-6-9-17;2-1-3/h5-12,15,17,21H,13-14,16H2,1-4H3;4-11,16,18H,12-15H2,1-3H3;/t17-,21-;;/m0../s1. The van der Waals surface area contributed by atoms with Crippen LogP contribution in [0.15, 0.2) is 109 Å². The fourth-order valence-corrected chi connectivity index (χ4v) is 7.04. The highest BCUT2D eigenvalue weighted by Crippen LogP contribution is 2.35. The van der Waals surface area contributed by atoms with Crippen molar-refractivity contribution in [3.63, 3.8) is 0 Å². The molecular formula is C46H56N2O6. The van der Waals surface area contributed by atoms with E-state index in [4.69, 9.17) is 19.1 Å². The molecule has 0 bridgehead atoms. The van der Waals surface area contributed by atoms with Crippen LogP contribution < -0.4 is 0 Å². The number of ether oxygens (including phenoxy) is 2. The molecule has 0 saturated carbocycles. The van der Waals surface area contributed by atoms with Gasteiger partial charge in [-0.3, -0.25) is 0 Å². The summed E-state index contributed by atoms with van der Waals surface area (Å²) in [5, 5.41) is 0. The van der Waals surface area contributed by atoms with Gasteiger partial charge in [0.05, 0.1) is 0 Å². The van der Waals surface area contributed by atoms with E-state index in [1.54, 1.807) is 0 Å². The van der Waals surface area contributed by atoms with Crippen molar-refractivity contribution in [2.45, 2.75) is 90.8 Å². The third-order valence-electron chi connectivity index (χ3n) is 9.59. The Morgan fingerprint density at radius 3 is 1.44 bits per heavy atom. The molecule has 2 aliphatic heterocycles. The predicted octanol–water partition coefficient (Wildman–Crippen LogP) is 10.6. The van der Waals surface area contributed by atoms with Crippen molar-refractivity contribution >= 4 is 18.3 Å². The SMILES string of the molecule is CC(C)(C)OC(=O)N1CCC(c2cccc(-c3ccccc3)c2)CC1.C[C@H]1CN(C(=O)OC(C)(C)C)CC[C@@H]1c1cccc(-c2ccccc2)c1.O=C=O. The second-order valence-electron chi connectivity index (χ2n) is 16.1. The zero-order valence-corrected chi connectivity index (χ0v) is 32.9. The smallest absolute Gasteiger partial charge is 0.410 e. The molecule has 2 fully saturated rings. The highest BCUT2D eigenvalue weighted by atomic mass is 16.6. The highest BCUT2D eigenvalue weighted by molar-refractivity contribution is 5.69. The number of rotatable bonds is 4. The minimum atomic E-state index is -0.443. The maximum atomic E-state index is 12.3. The molecule has 0 unspecified atom stereocenters. The number of piperidine rings is 2. The van der Waals surface area contributed by atoms with Crippen LogP contribution in [0.3, 0.4) is 0 Å². The number of carbonyl (C=O) groups is 2. The lowest BCUT2D eigenvalue weighted by molar-refractivity contribution is -0.191. The molecule has 8 nitrogen and oxygen atoms in total. The summed E-state index contributed by atoms with van der Waals surface area (Å²) in [5.74, 6) is 1.38. The van der Waals surface area contributed by atoms with E-state index in [2.05, 4.69) is 104 Å². The van der Waals surface area contributed by atoms with Crippen LogP contribution in [-0.2, 0) is 19.1 Å². The second-order valence-corrected chi connectivity index (χ2v) is 16.1. The van der Waals surface area contributed by atoms with Crippen LogP contribution in [0.4, 0.5) is 9.59 Å². The molecule has 0 N–H and O–H groups in total. The van der Waals surface area contributed by atoms with E-state index in [1.165, 1.54) is 33.4 Å². The lowest BCUT2D eigenvalue weighted by Crippen LogP contribution is -2.44. The van der Waals surface area contributed by atoms with E-state index in [1.807, 2.05) is 63.5 Å². The van der Waals surface area contributed by atoms with Crippen LogP contribution in [0.25, 0.3) is 22.3 Å². The van der Waals surface area contributed by atoms with E-state index >= 15 is 0 Å². The maximum Gasteiger partial charge on any atom is 0.410 e. The quantitative estimate of drug-likeness (QED) is 0.207. The second kappa shape index (κ2) is 19.2. The Hall–Kier alpha value is -5.20. The van der Waals surface area contributed by atoms with Crippen LogP contribution in [0.1, 0.15) is 90.7 Å². The third-order valence-corrected chi connectivity index (χ3v) is 9.59. The molecule has 2 heterocycles. The molecule has 0 radical (unpaired) electrons. The lowest BCUT2D eigenvalue weighted by atomic mass is 9.81. The summed E-state index contributed by atoms with van der Waals surface area (Å²) in [6.07, 6.45) is 2.80. The van der Waals surface area contributed by atoms with Crippen molar-refractivity contribution in [2.75, 3.05) is 26.2 Å². The largest absolute Gasteiger partial charge is 0.444 e. The van der Waals surface area contributed by atoms with Crippen LogP contribution in [0, 0.1) is 5.92 Å². The summed E-state index contributed by atoms with van der Waals surface area (Å²) in [7, 11) is 0. The van der Waals surface area contributed by atoms with Gasteiger partial charge < -0.3 is 19.3 Å². The minimum Gasteiger partial charge on any atom is -0.444 e. The van der Waals surface area contributed by atoms with Gasteiger partial charge in [-0.25, -0.2) is 9.59 Å². The van der Waals surface area contributed by atoms with E-state index < -0.39 is 11.2 Å². The number of amides is 2. The normalized spacial score (nSPS) is 17.5. The molecule has 2 saturated heterocycles. The minimum absolute atomic E-state index is 0.191. The third kappa shape index (κ3) is 12.7. The molecule has 2 atom stereocenters. The van der Waals surface area contributed by atoms with Crippen molar-refractivity contribution in [1.82, 2.24) is 9.80 Å². The fraction of sp³-hybridized carbons (Fsp3) is 0.413. The van der Waals surface area contributed by atoms with E-state index in [-0.39, 0.29) is 18.3 Å². The summed E-state index contributed by atoms with van der Waals surface area (Å²) in [4.78, 5) is 44.5. The zero-order chi connectivity index (χ0) is 39.3. The van der Waals surface area contributed by atoms with Gasteiger partial charge in [0.25, 0.3) is 0 Å². The number of hydrogen-bond donors (Lipinski definition) is 0. The first-order valence-corrected chi connectivity index (χ1v) is 18.9. The van der Waals surface area contributed by atoms with Gasteiger partial charge in [0, 0.05) is 26.2 Å². The number of hydrogen-bond acceptors (Lipinski definition) is 6. The van der Waals surface area contributed by atoms with Gasteiger partial charge in [-0.1, -0.05) is 116 Å². The Morgan fingerprint density at radius 2 is 0.981 bits per heavy atom. The van der Waals surface area contributed by atoms with Crippen molar-refractivity contribution in [1.29, 1.82) is 0 Å². The molecule has 2 amide bonds. The van der Waals surface area contributed by atoms with E-state index in [0.717, 1.165) is 45.4 Å². The van der Waals surface area contributed by atoms with E-state index in [9.17, 15) is 9.59 Å². The molecule has 6 rings (SSSR count). The number of likely N-dealkylation sites (tertiary alicyclic amines) is 2. The summed E-state index contributed by atoms with van der Waals surface area (Å²) in [6.45, 7) is 16.7. The Balaban J connectivity index is 0.000000225. The molecule has 2 aliphatic rings. The molecular weight excluding hydrogens is 677 g/mol. The summed E-state index contributed by atoms with van der Waals surface area (Å²) in [6, 6.07) is 38.6.